The fourth-order valence-corrected chi connectivity index (χ4v) is 5.07. The third-order valence-corrected chi connectivity index (χ3v) is 7.17. The Morgan fingerprint density at radius 2 is 2.06 bits per heavy atom. The number of hydrogen-bond donors (Lipinski definition) is 2. The smallest absolute Gasteiger partial charge is 0.223 e. The first-order chi connectivity index (χ1) is 15.4. The third-order valence-electron chi connectivity index (χ3n) is 6.05. The van der Waals surface area contributed by atoms with Crippen LogP contribution in [0.1, 0.15) is 28.8 Å². The first-order valence-corrected chi connectivity index (χ1v) is 11.8. The monoisotopic (exact) mass is 454 g/mol. The van der Waals surface area contributed by atoms with Crippen molar-refractivity contribution >= 4 is 33.3 Å². The lowest BCUT2D eigenvalue weighted by molar-refractivity contribution is -0.126. The van der Waals surface area contributed by atoms with Crippen molar-refractivity contribution < 1.29 is 14.6 Å². The molecule has 0 bridgehead atoms. The predicted octanol–water partition coefficient (Wildman–Crippen LogP) is 3.39. The van der Waals surface area contributed by atoms with Gasteiger partial charge in [0.2, 0.25) is 5.91 Å². The van der Waals surface area contributed by atoms with Gasteiger partial charge >= 0.3 is 0 Å². The number of benzene rings is 1. The molecular weight excluding hydrogens is 424 g/mol. The van der Waals surface area contributed by atoms with Crippen LogP contribution in [-0.4, -0.2) is 53.3 Å². The minimum Gasteiger partial charge on any atom is -0.491 e. The van der Waals surface area contributed by atoms with Crippen LogP contribution in [0, 0.1) is 26.7 Å². The molecule has 4 rings (SSSR count). The molecule has 1 atom stereocenters. The molecule has 1 amide bonds. The number of ether oxygens (including phenoxy) is 1. The highest BCUT2D eigenvalue weighted by atomic mass is 32.1. The maximum Gasteiger partial charge on any atom is 0.223 e. The highest BCUT2D eigenvalue weighted by Gasteiger charge is 2.27. The third kappa shape index (κ3) is 5.02. The van der Waals surface area contributed by atoms with Crippen LogP contribution in [0.4, 0.5) is 5.82 Å². The number of carbonyl (C=O) groups is 1. The zero-order valence-corrected chi connectivity index (χ0v) is 19.6. The van der Waals surface area contributed by atoms with Gasteiger partial charge in [0.15, 0.2) is 0 Å². The van der Waals surface area contributed by atoms with Gasteiger partial charge < -0.3 is 20.1 Å². The molecular formula is C24H30N4O3S. The summed E-state index contributed by atoms with van der Waals surface area (Å²) in [4.78, 5) is 26.2. The van der Waals surface area contributed by atoms with Crippen LogP contribution in [0.5, 0.6) is 5.75 Å². The Morgan fingerprint density at radius 3 is 2.81 bits per heavy atom. The Bertz CT molecular complexity index is 1090. The average Bonchev–Trinajstić information content (AvgIpc) is 3.10. The van der Waals surface area contributed by atoms with Crippen molar-refractivity contribution in [1.82, 2.24) is 15.3 Å². The van der Waals surface area contributed by atoms with Gasteiger partial charge in [0.25, 0.3) is 0 Å². The average molecular weight is 455 g/mol. The van der Waals surface area contributed by atoms with E-state index in [1.165, 1.54) is 10.4 Å². The van der Waals surface area contributed by atoms with Crippen LogP contribution in [0.25, 0.3) is 10.2 Å². The molecule has 1 aliphatic rings. The number of fused-ring (bicyclic) bond motifs is 1. The van der Waals surface area contributed by atoms with E-state index in [2.05, 4.69) is 34.0 Å². The quantitative estimate of drug-likeness (QED) is 0.569. The summed E-state index contributed by atoms with van der Waals surface area (Å²) in [6.45, 7) is 8.10. The predicted molar refractivity (Wildman–Crippen MR) is 128 cm³/mol. The van der Waals surface area contributed by atoms with Crippen molar-refractivity contribution in [3.8, 4) is 5.75 Å². The summed E-state index contributed by atoms with van der Waals surface area (Å²) in [5, 5.41) is 14.2. The molecule has 1 unspecified atom stereocenters. The van der Waals surface area contributed by atoms with Gasteiger partial charge in [-0.15, -0.1) is 11.3 Å². The van der Waals surface area contributed by atoms with Crippen molar-refractivity contribution in [3.05, 3.63) is 46.6 Å². The number of carbonyl (C=O) groups excluding carboxylic acids is 1. The van der Waals surface area contributed by atoms with Crippen molar-refractivity contribution in [2.24, 2.45) is 5.92 Å². The van der Waals surface area contributed by atoms with E-state index in [1.54, 1.807) is 17.7 Å². The lowest BCUT2D eigenvalue weighted by Crippen LogP contribution is -2.43. The molecule has 1 aromatic carbocycles. The summed E-state index contributed by atoms with van der Waals surface area (Å²) in [5.41, 5.74) is 2.34. The molecule has 0 spiro atoms. The second kappa shape index (κ2) is 9.83. The summed E-state index contributed by atoms with van der Waals surface area (Å²) in [7, 11) is 0. The maximum absolute atomic E-state index is 12.6. The maximum atomic E-state index is 12.6. The van der Waals surface area contributed by atoms with Crippen LogP contribution in [0.15, 0.2) is 30.6 Å². The van der Waals surface area contributed by atoms with Gasteiger partial charge in [0.1, 0.15) is 35.4 Å². The molecule has 7 nitrogen and oxygen atoms in total. The molecule has 2 aromatic heterocycles. The van der Waals surface area contributed by atoms with Gasteiger partial charge in [0.05, 0.1) is 5.39 Å². The normalized spacial score (nSPS) is 15.7. The van der Waals surface area contributed by atoms with E-state index in [0.29, 0.717) is 0 Å². The lowest BCUT2D eigenvalue weighted by Gasteiger charge is -2.32. The Labute approximate surface area is 192 Å². The highest BCUT2D eigenvalue weighted by Crippen LogP contribution is 2.35. The summed E-state index contributed by atoms with van der Waals surface area (Å²) in [5.74, 6) is 1.63. The molecule has 1 aliphatic heterocycles. The fraction of sp³-hybridized carbons (Fsp3) is 0.458. The van der Waals surface area contributed by atoms with E-state index >= 15 is 0 Å². The van der Waals surface area contributed by atoms with E-state index in [0.717, 1.165) is 53.3 Å². The molecule has 32 heavy (non-hydrogen) atoms. The van der Waals surface area contributed by atoms with Crippen LogP contribution < -0.4 is 15.0 Å². The number of piperidine rings is 1. The Hall–Kier alpha value is -2.71. The van der Waals surface area contributed by atoms with Gasteiger partial charge in [-0.05, 0) is 56.9 Å². The minimum absolute atomic E-state index is 0.00496. The largest absolute Gasteiger partial charge is 0.491 e. The number of thiophene rings is 1. The van der Waals surface area contributed by atoms with Crippen molar-refractivity contribution in [1.29, 1.82) is 0 Å². The Kier molecular flexibility index (Phi) is 6.91. The number of nitrogens with zero attached hydrogens (tertiary/aromatic N) is 3. The molecule has 2 N–H and O–H groups in total. The van der Waals surface area contributed by atoms with Crippen LogP contribution in [0.2, 0.25) is 0 Å². The minimum atomic E-state index is -0.751. The van der Waals surface area contributed by atoms with Gasteiger partial charge in [-0.1, -0.05) is 12.1 Å². The van der Waals surface area contributed by atoms with E-state index in [1.807, 2.05) is 31.2 Å². The second-order valence-corrected chi connectivity index (χ2v) is 9.65. The zero-order valence-electron chi connectivity index (χ0n) is 18.8. The van der Waals surface area contributed by atoms with E-state index in [-0.39, 0.29) is 25.0 Å². The van der Waals surface area contributed by atoms with Gasteiger partial charge in [-0.25, -0.2) is 9.97 Å². The number of aliphatic hydroxyl groups excluding tert-OH is 1. The Balaban J connectivity index is 1.26. The van der Waals surface area contributed by atoms with Gasteiger partial charge in [0, 0.05) is 30.4 Å². The van der Waals surface area contributed by atoms with E-state index in [9.17, 15) is 9.90 Å². The topological polar surface area (TPSA) is 87.6 Å². The number of rotatable bonds is 7. The first-order valence-electron chi connectivity index (χ1n) is 11.0. The molecule has 0 saturated carbocycles. The standard InChI is InChI=1S/C24H30N4O3S/c1-15-5-4-6-20(11-15)31-13-19(29)12-25-23(30)18-7-9-28(10-8-18)22-21-16(2)17(3)32-24(21)27-14-26-22/h4-6,11,14,18-19,29H,7-10,12-13H2,1-3H3,(H,25,30). The van der Waals surface area contributed by atoms with E-state index < -0.39 is 6.10 Å². The molecule has 0 radical (unpaired) electrons. The van der Waals surface area contributed by atoms with Crippen LogP contribution in [-0.2, 0) is 4.79 Å². The van der Waals surface area contributed by atoms with E-state index in [4.69, 9.17) is 4.74 Å². The molecule has 1 fully saturated rings. The summed E-state index contributed by atoms with van der Waals surface area (Å²) in [6.07, 6.45) is 2.40. The molecule has 0 aliphatic carbocycles. The highest BCUT2D eigenvalue weighted by molar-refractivity contribution is 7.18. The summed E-state index contributed by atoms with van der Waals surface area (Å²) in [6, 6.07) is 7.68. The van der Waals surface area contributed by atoms with Crippen molar-refractivity contribution in [3.63, 3.8) is 0 Å². The SMILES string of the molecule is Cc1cccc(OCC(O)CNC(=O)C2CCN(c3ncnc4sc(C)c(C)c34)CC2)c1. The molecule has 3 aromatic rings. The van der Waals surface area contributed by atoms with Gasteiger partial charge in [-0.3, -0.25) is 4.79 Å². The number of amides is 1. The number of aromatic nitrogens is 2. The number of nitrogens with one attached hydrogen (secondary N) is 1. The molecule has 170 valence electrons. The van der Waals surface area contributed by atoms with Crippen molar-refractivity contribution in [2.45, 2.75) is 39.7 Å². The number of anilines is 1. The number of aryl methyl sites for hydroxylation is 3. The lowest BCUT2D eigenvalue weighted by atomic mass is 9.95. The van der Waals surface area contributed by atoms with Gasteiger partial charge in [-0.2, -0.15) is 0 Å². The fourth-order valence-electron chi connectivity index (χ4n) is 4.08. The van der Waals surface area contributed by atoms with Crippen LogP contribution >= 0.6 is 11.3 Å². The first kappa shape index (κ1) is 22.5. The van der Waals surface area contributed by atoms with Crippen molar-refractivity contribution in [2.75, 3.05) is 31.1 Å². The second-order valence-electron chi connectivity index (χ2n) is 8.45. The number of hydrogen-bond acceptors (Lipinski definition) is 7. The summed E-state index contributed by atoms with van der Waals surface area (Å²) < 4.78 is 5.62. The Morgan fingerprint density at radius 1 is 1.28 bits per heavy atom. The number of aliphatic hydroxyl groups is 1. The molecule has 8 heteroatoms. The zero-order chi connectivity index (χ0) is 22.7. The van der Waals surface area contributed by atoms with Crippen LogP contribution in [0.3, 0.4) is 0 Å². The molecule has 3 heterocycles. The summed E-state index contributed by atoms with van der Waals surface area (Å²) >= 11 is 1.70. The molecule has 1 saturated heterocycles.